The van der Waals surface area contributed by atoms with Crippen molar-refractivity contribution < 1.29 is 0 Å². The van der Waals surface area contributed by atoms with Gasteiger partial charge in [-0.1, -0.05) is 76.6 Å². The third kappa shape index (κ3) is 2.38. The third-order valence-corrected chi connectivity index (χ3v) is 5.40. The van der Waals surface area contributed by atoms with Crippen molar-refractivity contribution in [3.05, 3.63) is 102 Å². The average Bonchev–Trinajstić information content (AvgIpc) is 3.04. The maximum absolute atomic E-state index is 3.54. The van der Waals surface area contributed by atoms with Crippen molar-refractivity contribution >= 4 is 37.7 Å². The lowest BCUT2D eigenvalue weighted by atomic mass is 9.99. The van der Waals surface area contributed by atoms with E-state index in [1.807, 2.05) is 0 Å². The average molecular weight is 398 g/mol. The summed E-state index contributed by atoms with van der Waals surface area (Å²) in [6.07, 6.45) is 0. The summed E-state index contributed by atoms with van der Waals surface area (Å²) in [5.41, 5.74) is 6.15. The van der Waals surface area contributed by atoms with Crippen molar-refractivity contribution in [2.24, 2.45) is 0 Å². The van der Waals surface area contributed by atoms with Crippen LogP contribution in [-0.2, 0) is 0 Å². The predicted molar refractivity (Wildman–Crippen MR) is 114 cm³/mol. The van der Waals surface area contributed by atoms with Crippen LogP contribution in [0.4, 0.5) is 0 Å². The molecule has 5 aromatic rings. The van der Waals surface area contributed by atoms with Gasteiger partial charge < -0.3 is 4.57 Å². The third-order valence-electron chi connectivity index (χ3n) is 4.87. The zero-order chi connectivity index (χ0) is 17.5. The van der Waals surface area contributed by atoms with Crippen LogP contribution in [0.2, 0.25) is 0 Å². The maximum atomic E-state index is 3.54. The van der Waals surface area contributed by atoms with Crippen LogP contribution in [0.5, 0.6) is 0 Å². The molecule has 0 saturated carbocycles. The normalized spacial score (nSPS) is 11.3. The smallest absolute Gasteiger partial charge is 0.0547 e. The van der Waals surface area contributed by atoms with E-state index in [4.69, 9.17) is 0 Å². The molecule has 0 fully saturated rings. The number of halogens is 1. The molecule has 0 saturated heterocycles. The molecule has 0 N–H and O–H groups in total. The number of aromatic nitrogens is 1. The second-order valence-electron chi connectivity index (χ2n) is 6.39. The molecule has 1 heterocycles. The predicted octanol–water partition coefficient (Wildman–Crippen LogP) is 7.21. The molecule has 0 aliphatic carbocycles. The van der Waals surface area contributed by atoms with E-state index in [1.54, 1.807) is 0 Å². The first-order chi connectivity index (χ1) is 12.8. The molecule has 0 spiro atoms. The van der Waals surface area contributed by atoms with Gasteiger partial charge in [0.25, 0.3) is 0 Å². The fraction of sp³-hybridized carbons (Fsp3) is 0. The molecule has 0 amide bonds. The van der Waals surface area contributed by atoms with Gasteiger partial charge in [0, 0.05) is 20.9 Å². The van der Waals surface area contributed by atoms with E-state index >= 15 is 0 Å². The molecule has 1 nitrogen and oxygen atoms in total. The van der Waals surface area contributed by atoms with Crippen molar-refractivity contribution in [3.8, 4) is 16.8 Å². The van der Waals surface area contributed by atoms with E-state index in [0.717, 1.165) is 4.47 Å². The Hall–Kier alpha value is -2.84. The molecule has 0 atom stereocenters. The summed E-state index contributed by atoms with van der Waals surface area (Å²) >= 11 is 3.54. The molecule has 1 aromatic heterocycles. The maximum Gasteiger partial charge on any atom is 0.0547 e. The van der Waals surface area contributed by atoms with Crippen LogP contribution in [0.3, 0.4) is 0 Å². The highest BCUT2D eigenvalue weighted by Crippen LogP contribution is 2.38. The molecule has 0 radical (unpaired) electrons. The number of para-hydroxylation sites is 2. The van der Waals surface area contributed by atoms with Crippen molar-refractivity contribution in [1.29, 1.82) is 0 Å². The molecule has 5 rings (SSSR count). The topological polar surface area (TPSA) is 4.93 Å². The fourth-order valence-corrected chi connectivity index (χ4v) is 4.01. The van der Waals surface area contributed by atoms with E-state index in [0.29, 0.717) is 0 Å². The van der Waals surface area contributed by atoms with Crippen LogP contribution in [-0.4, -0.2) is 4.57 Å². The van der Waals surface area contributed by atoms with E-state index < -0.39 is 0 Å². The first-order valence-electron chi connectivity index (χ1n) is 8.66. The van der Waals surface area contributed by atoms with Crippen LogP contribution in [0.25, 0.3) is 38.6 Å². The van der Waals surface area contributed by atoms with Gasteiger partial charge in [0.05, 0.1) is 11.0 Å². The fourth-order valence-electron chi connectivity index (χ4n) is 3.74. The Bertz CT molecular complexity index is 1220. The van der Waals surface area contributed by atoms with E-state index in [-0.39, 0.29) is 0 Å². The quantitative estimate of drug-likeness (QED) is 0.296. The van der Waals surface area contributed by atoms with Gasteiger partial charge in [-0.2, -0.15) is 0 Å². The van der Waals surface area contributed by atoms with Crippen molar-refractivity contribution in [3.63, 3.8) is 0 Å². The second kappa shape index (κ2) is 6.15. The Morgan fingerprint density at radius 2 is 1.27 bits per heavy atom. The molecule has 0 bridgehead atoms. The van der Waals surface area contributed by atoms with Gasteiger partial charge in [-0.15, -0.1) is 0 Å². The Morgan fingerprint density at radius 1 is 0.577 bits per heavy atom. The highest BCUT2D eigenvalue weighted by atomic mass is 79.9. The molecule has 0 aliphatic rings. The van der Waals surface area contributed by atoms with E-state index in [9.17, 15) is 0 Å². The van der Waals surface area contributed by atoms with Gasteiger partial charge >= 0.3 is 0 Å². The van der Waals surface area contributed by atoms with Gasteiger partial charge in [-0.25, -0.2) is 0 Å². The first kappa shape index (κ1) is 15.4. The molecule has 0 unspecified atom stereocenters. The largest absolute Gasteiger partial charge is 0.309 e. The molecule has 124 valence electrons. The standard InChI is InChI=1S/C24H16BrN/c25-18-15-13-17(14-16-18)20-10-6-12-23-24(20)21-9-4-5-11-22(21)26(23)19-7-2-1-3-8-19/h1-16H. The SMILES string of the molecule is Brc1ccc(-c2cccc3c2c2ccccc2n3-c2ccccc2)cc1. The summed E-state index contributed by atoms with van der Waals surface area (Å²) in [6, 6.07) is 34.4. The molecular formula is C24H16BrN. The van der Waals surface area contributed by atoms with Crippen LogP contribution in [0, 0.1) is 0 Å². The highest BCUT2D eigenvalue weighted by molar-refractivity contribution is 9.10. The van der Waals surface area contributed by atoms with Crippen molar-refractivity contribution in [2.75, 3.05) is 0 Å². The van der Waals surface area contributed by atoms with Gasteiger partial charge in [0.2, 0.25) is 0 Å². The summed E-state index contributed by atoms with van der Waals surface area (Å²) in [7, 11) is 0. The first-order valence-corrected chi connectivity index (χ1v) is 9.46. The van der Waals surface area contributed by atoms with E-state index in [1.165, 1.54) is 38.6 Å². The number of nitrogens with zero attached hydrogens (tertiary/aromatic N) is 1. The number of hydrogen-bond donors (Lipinski definition) is 0. The summed E-state index contributed by atoms with van der Waals surface area (Å²) in [5.74, 6) is 0. The second-order valence-corrected chi connectivity index (χ2v) is 7.31. The van der Waals surface area contributed by atoms with Crippen LogP contribution >= 0.6 is 15.9 Å². The molecular weight excluding hydrogens is 382 g/mol. The molecule has 2 heteroatoms. The molecule has 4 aromatic carbocycles. The Balaban J connectivity index is 1.92. The van der Waals surface area contributed by atoms with Gasteiger partial charge in [0.1, 0.15) is 0 Å². The lowest BCUT2D eigenvalue weighted by Gasteiger charge is -2.08. The Labute approximate surface area is 160 Å². The van der Waals surface area contributed by atoms with Crippen molar-refractivity contribution in [2.45, 2.75) is 0 Å². The summed E-state index contributed by atoms with van der Waals surface area (Å²) in [6.45, 7) is 0. The molecule has 0 aliphatic heterocycles. The van der Waals surface area contributed by atoms with Gasteiger partial charge in [0.15, 0.2) is 0 Å². The lowest BCUT2D eigenvalue weighted by Crippen LogP contribution is -1.92. The number of rotatable bonds is 2. The number of hydrogen-bond acceptors (Lipinski definition) is 0. The van der Waals surface area contributed by atoms with E-state index in [2.05, 4.69) is 118 Å². The molecule has 26 heavy (non-hydrogen) atoms. The minimum Gasteiger partial charge on any atom is -0.309 e. The highest BCUT2D eigenvalue weighted by Gasteiger charge is 2.15. The summed E-state index contributed by atoms with van der Waals surface area (Å²) < 4.78 is 3.45. The zero-order valence-electron chi connectivity index (χ0n) is 14.1. The minimum atomic E-state index is 1.10. The summed E-state index contributed by atoms with van der Waals surface area (Å²) in [4.78, 5) is 0. The van der Waals surface area contributed by atoms with Crippen LogP contribution in [0.1, 0.15) is 0 Å². The minimum absolute atomic E-state index is 1.10. The zero-order valence-corrected chi connectivity index (χ0v) is 15.6. The number of fused-ring (bicyclic) bond motifs is 3. The van der Waals surface area contributed by atoms with Crippen molar-refractivity contribution in [1.82, 2.24) is 4.57 Å². The van der Waals surface area contributed by atoms with Crippen LogP contribution < -0.4 is 0 Å². The lowest BCUT2D eigenvalue weighted by molar-refractivity contribution is 1.18. The van der Waals surface area contributed by atoms with Crippen LogP contribution in [0.15, 0.2) is 102 Å². The summed E-state index contributed by atoms with van der Waals surface area (Å²) in [5, 5.41) is 2.58. The monoisotopic (exact) mass is 397 g/mol. The van der Waals surface area contributed by atoms with Gasteiger partial charge in [-0.05, 0) is 47.5 Å². The Kier molecular flexibility index (Phi) is 3.65. The number of benzene rings is 4. The van der Waals surface area contributed by atoms with Gasteiger partial charge in [-0.3, -0.25) is 0 Å². The Morgan fingerprint density at radius 3 is 2.08 bits per heavy atom.